The molecule has 0 fully saturated rings. The van der Waals surface area contributed by atoms with Gasteiger partial charge in [-0.25, -0.2) is 4.85 Å². The van der Waals surface area contributed by atoms with Gasteiger partial charge in [0.1, 0.15) is 0 Å². The van der Waals surface area contributed by atoms with E-state index in [4.69, 9.17) is 6.57 Å². The zero-order chi connectivity index (χ0) is 28.5. The smallest absolute Gasteiger partial charge is 0.188 e. The molecule has 0 radical (unpaired) electrons. The van der Waals surface area contributed by atoms with Crippen LogP contribution < -0.4 is 25.6 Å². The van der Waals surface area contributed by atoms with Crippen molar-refractivity contribution in [2.24, 2.45) is 0 Å². The summed E-state index contributed by atoms with van der Waals surface area (Å²) in [6, 6.07) is 55.7. The van der Waals surface area contributed by atoms with Crippen LogP contribution in [0.5, 0.6) is 0 Å². The van der Waals surface area contributed by atoms with Crippen molar-refractivity contribution < 1.29 is 0 Å². The molecule has 3 nitrogen and oxygen atoms in total. The van der Waals surface area contributed by atoms with Gasteiger partial charge in [-0.3, -0.25) is 0 Å². The molecule has 0 amide bonds. The van der Waals surface area contributed by atoms with E-state index in [2.05, 4.69) is 149 Å². The van der Waals surface area contributed by atoms with Crippen LogP contribution in [0.2, 0.25) is 0 Å². The van der Waals surface area contributed by atoms with Crippen LogP contribution in [0, 0.1) is 17.9 Å². The summed E-state index contributed by atoms with van der Waals surface area (Å²) in [5.41, 5.74) is 6.17. The van der Waals surface area contributed by atoms with Crippen LogP contribution in [0.25, 0.3) is 16.0 Å². The van der Waals surface area contributed by atoms with Gasteiger partial charge in [-0.15, -0.1) is 0 Å². The third kappa shape index (κ3) is 3.86. The molecule has 4 heteroatoms. The van der Waals surface area contributed by atoms with E-state index >= 15 is 0 Å². The van der Waals surface area contributed by atoms with Crippen LogP contribution >= 0.6 is 0 Å². The normalized spacial score (nSPS) is 12.9. The van der Waals surface area contributed by atoms with Gasteiger partial charge < -0.3 is 4.90 Å². The molecule has 1 aliphatic rings. The van der Waals surface area contributed by atoms with E-state index in [0.717, 1.165) is 16.8 Å². The number of para-hydroxylation sites is 2. The van der Waals surface area contributed by atoms with Crippen molar-refractivity contribution in [1.29, 1.82) is 5.26 Å². The van der Waals surface area contributed by atoms with Gasteiger partial charge in [-0.2, -0.15) is 5.26 Å². The quantitative estimate of drug-likeness (QED) is 0.175. The van der Waals surface area contributed by atoms with Crippen LogP contribution in [-0.2, 0) is 0 Å². The lowest BCUT2D eigenvalue weighted by Crippen LogP contribution is -2.77. The molecule has 0 aliphatic carbocycles. The Hall–Kier alpha value is -5.68. The van der Waals surface area contributed by atoms with Gasteiger partial charge in [0.05, 0.1) is 12.6 Å². The minimum atomic E-state index is -2.64. The second-order valence-corrected chi connectivity index (χ2v) is 14.1. The van der Waals surface area contributed by atoms with Crippen molar-refractivity contribution in [3.05, 3.63) is 169 Å². The second kappa shape index (κ2) is 10.4. The zero-order valence-electron chi connectivity index (χ0n) is 22.8. The summed E-state index contributed by atoms with van der Waals surface area (Å²) in [6.07, 6.45) is 0. The summed E-state index contributed by atoms with van der Waals surface area (Å²) in [4.78, 5) is 5.86. The van der Waals surface area contributed by atoms with E-state index in [1.165, 1.54) is 32.1 Å². The first-order valence-electron chi connectivity index (χ1n) is 13.9. The first-order chi connectivity index (χ1) is 20.8. The van der Waals surface area contributed by atoms with E-state index < -0.39 is 8.07 Å². The number of anilines is 3. The molecule has 0 spiro atoms. The molecular formula is C38H25N3Si. The molecule has 0 atom stereocenters. The Bertz CT molecular complexity index is 1910. The Morgan fingerprint density at radius 2 is 1.12 bits per heavy atom. The third-order valence-electron chi connectivity index (χ3n) is 8.20. The van der Waals surface area contributed by atoms with Gasteiger partial charge in [-0.1, -0.05) is 121 Å². The van der Waals surface area contributed by atoms with Gasteiger partial charge in [0, 0.05) is 22.6 Å². The Morgan fingerprint density at radius 1 is 0.595 bits per heavy atom. The maximum Gasteiger partial charge on any atom is 0.188 e. The molecule has 0 saturated carbocycles. The highest BCUT2D eigenvalue weighted by Crippen LogP contribution is 2.39. The number of nitrogens with zero attached hydrogens (tertiary/aromatic N) is 3. The molecule has 0 bridgehead atoms. The van der Waals surface area contributed by atoms with Crippen LogP contribution in [-0.4, -0.2) is 8.07 Å². The number of rotatable bonds is 4. The van der Waals surface area contributed by atoms with E-state index in [-0.39, 0.29) is 0 Å². The van der Waals surface area contributed by atoms with Crippen molar-refractivity contribution in [1.82, 2.24) is 0 Å². The minimum Gasteiger partial charge on any atom is -0.311 e. The number of benzene rings is 6. The van der Waals surface area contributed by atoms with Crippen LogP contribution in [0.4, 0.5) is 22.7 Å². The van der Waals surface area contributed by atoms with Crippen LogP contribution in [0.1, 0.15) is 5.56 Å². The molecule has 0 N–H and O–H groups in total. The predicted molar refractivity (Wildman–Crippen MR) is 175 cm³/mol. The van der Waals surface area contributed by atoms with E-state index in [1.54, 1.807) is 12.1 Å². The molecule has 7 rings (SSSR count). The van der Waals surface area contributed by atoms with Crippen LogP contribution in [0.3, 0.4) is 0 Å². The fraction of sp³-hybridized carbons (Fsp3) is 0. The summed E-state index contributed by atoms with van der Waals surface area (Å²) in [5, 5.41) is 15.2. The van der Waals surface area contributed by atoms with Gasteiger partial charge >= 0.3 is 0 Å². The highest BCUT2D eigenvalue weighted by atomic mass is 28.3. The van der Waals surface area contributed by atoms with E-state index in [9.17, 15) is 5.26 Å². The highest BCUT2D eigenvalue weighted by Gasteiger charge is 2.48. The molecule has 6 aromatic carbocycles. The summed E-state index contributed by atoms with van der Waals surface area (Å²) in [5.74, 6) is 0. The molecule has 0 aromatic heterocycles. The average molecular weight is 552 g/mol. The van der Waals surface area contributed by atoms with Gasteiger partial charge in [0.25, 0.3) is 0 Å². The molecule has 1 heterocycles. The molecule has 0 saturated heterocycles. The second-order valence-electron chi connectivity index (χ2n) is 10.4. The van der Waals surface area contributed by atoms with Crippen molar-refractivity contribution >= 4 is 51.6 Å². The monoisotopic (exact) mass is 551 g/mol. The molecule has 196 valence electrons. The number of nitriles is 1. The van der Waals surface area contributed by atoms with E-state index in [0.29, 0.717) is 11.3 Å². The average Bonchev–Trinajstić information content (AvgIpc) is 3.08. The maximum absolute atomic E-state index is 9.76. The lowest BCUT2D eigenvalue weighted by atomic mass is 9.99. The first kappa shape index (κ1) is 25.3. The zero-order valence-corrected chi connectivity index (χ0v) is 23.8. The summed E-state index contributed by atoms with van der Waals surface area (Å²) >= 11 is 0. The lowest BCUT2D eigenvalue weighted by Gasteiger charge is -2.45. The van der Waals surface area contributed by atoms with Crippen molar-refractivity contribution in [2.45, 2.75) is 0 Å². The first-order valence-corrected chi connectivity index (χ1v) is 15.9. The topological polar surface area (TPSA) is 31.4 Å². The number of fused-ring (bicyclic) bond motifs is 2. The summed E-state index contributed by atoms with van der Waals surface area (Å²) < 4.78 is 0. The van der Waals surface area contributed by atoms with Crippen LogP contribution in [0.15, 0.2) is 152 Å². The number of hydrogen-bond donors (Lipinski definition) is 0. The molecular weight excluding hydrogens is 527 g/mol. The minimum absolute atomic E-state index is 0.470. The predicted octanol–water partition coefficient (Wildman–Crippen LogP) is 6.94. The summed E-state index contributed by atoms with van der Waals surface area (Å²) in [7, 11) is -2.64. The van der Waals surface area contributed by atoms with Gasteiger partial charge in [0.15, 0.2) is 13.8 Å². The Balaban J connectivity index is 1.45. The van der Waals surface area contributed by atoms with Crippen molar-refractivity contribution in [2.75, 3.05) is 4.90 Å². The highest BCUT2D eigenvalue weighted by molar-refractivity contribution is 7.21. The Labute approximate surface area is 247 Å². The fourth-order valence-electron chi connectivity index (χ4n) is 6.43. The van der Waals surface area contributed by atoms with Gasteiger partial charge in [0.2, 0.25) is 0 Å². The standard InChI is InChI=1S/C38H25N3Si/c1-40-30-22-25-34(29(26-30)27-39)28-20-23-31(24-21-28)41-35-16-8-10-18-37(35)42(32-12-4-2-5-13-32,33-14-6-3-7-15-33)38-19-11-9-17-36(38)41/h2-26H. The van der Waals surface area contributed by atoms with Gasteiger partial charge in [-0.05, 0) is 62.2 Å². The Morgan fingerprint density at radius 3 is 1.64 bits per heavy atom. The lowest BCUT2D eigenvalue weighted by molar-refractivity contribution is 1.29. The molecule has 1 aliphatic heterocycles. The molecule has 42 heavy (non-hydrogen) atoms. The Kier molecular flexibility index (Phi) is 6.25. The maximum atomic E-state index is 9.76. The third-order valence-corrected chi connectivity index (χ3v) is 13.1. The summed E-state index contributed by atoms with van der Waals surface area (Å²) in [6.45, 7) is 7.30. The van der Waals surface area contributed by atoms with Crippen molar-refractivity contribution in [3.63, 3.8) is 0 Å². The molecule has 6 aromatic rings. The SMILES string of the molecule is [C-]#[N+]c1ccc(-c2ccc(N3c4ccccc4[Si](c4ccccc4)(c4ccccc4)c4ccccc43)cc2)c(C#N)c1. The largest absolute Gasteiger partial charge is 0.311 e. The van der Waals surface area contributed by atoms with Crippen molar-refractivity contribution in [3.8, 4) is 17.2 Å². The molecule has 0 unspecified atom stereocenters. The number of hydrogen-bond acceptors (Lipinski definition) is 2. The fourth-order valence-corrected chi connectivity index (χ4v) is 11.5. The van der Waals surface area contributed by atoms with E-state index in [1.807, 2.05) is 6.07 Å².